The first kappa shape index (κ1) is 14.7. The Kier molecular flexibility index (Phi) is 4.94. The highest BCUT2D eigenvalue weighted by Crippen LogP contribution is 2.13. The van der Waals surface area contributed by atoms with Gasteiger partial charge in [-0.05, 0) is 35.0 Å². The normalized spacial score (nSPS) is 12.9. The smallest absolute Gasteiger partial charge is 0.359 e. The Balaban J connectivity index is 2.50. The van der Waals surface area contributed by atoms with Crippen LogP contribution in [0.15, 0.2) is 22.8 Å². The lowest BCUT2D eigenvalue weighted by atomic mass is 10.3. The average Bonchev–Trinajstić information content (AvgIpc) is 2.24. The predicted octanol–water partition coefficient (Wildman–Crippen LogP) is 2.32. The Bertz CT molecular complexity index is 425. The van der Waals surface area contributed by atoms with Crippen LogP contribution in [0.2, 0.25) is 0 Å². The largest absolute Gasteiger partial charge is 0.405 e. The van der Waals surface area contributed by atoms with Crippen molar-refractivity contribution in [2.75, 3.05) is 11.9 Å². The summed E-state index contributed by atoms with van der Waals surface area (Å²) in [6.45, 7) is 0.109. The molecular weight excluding hydrogens is 315 g/mol. The molecule has 0 aliphatic carbocycles. The topological polar surface area (TPSA) is 54.0 Å². The van der Waals surface area contributed by atoms with E-state index < -0.39 is 24.7 Å². The Morgan fingerprint density at radius 2 is 2.17 bits per heavy atom. The second kappa shape index (κ2) is 6.03. The number of carbonyl (C=O) groups is 1. The van der Waals surface area contributed by atoms with Crippen LogP contribution < -0.4 is 10.6 Å². The number of amides is 1. The van der Waals surface area contributed by atoms with E-state index in [-0.39, 0.29) is 0 Å². The van der Waals surface area contributed by atoms with Crippen LogP contribution in [0.1, 0.15) is 6.92 Å². The van der Waals surface area contributed by atoms with Crippen molar-refractivity contribution in [1.82, 2.24) is 10.3 Å². The van der Waals surface area contributed by atoms with E-state index in [0.29, 0.717) is 10.4 Å². The van der Waals surface area contributed by atoms with Crippen molar-refractivity contribution in [1.29, 1.82) is 0 Å². The molecule has 0 spiro atoms. The molecule has 8 heteroatoms. The third kappa shape index (κ3) is 5.35. The molecule has 0 unspecified atom stereocenters. The second-order valence-electron chi connectivity index (χ2n) is 3.54. The molecule has 0 bridgehead atoms. The molecule has 1 amide bonds. The minimum Gasteiger partial charge on any atom is -0.359 e. The molecule has 4 nitrogen and oxygen atoms in total. The van der Waals surface area contributed by atoms with Crippen molar-refractivity contribution in [3.05, 3.63) is 22.8 Å². The van der Waals surface area contributed by atoms with Gasteiger partial charge in [0.15, 0.2) is 0 Å². The summed E-state index contributed by atoms with van der Waals surface area (Å²) in [6.07, 6.45) is -4.41. The molecule has 18 heavy (non-hydrogen) atoms. The number of nitrogens with one attached hydrogen (secondary N) is 2. The van der Waals surface area contributed by atoms with Gasteiger partial charge in [0.25, 0.3) is 0 Å². The Hall–Kier alpha value is -1.31. The first-order valence-corrected chi connectivity index (χ1v) is 5.81. The number of nitrogens with zero attached hydrogens (tertiary/aromatic N) is 1. The summed E-state index contributed by atoms with van der Waals surface area (Å²) in [5.74, 6) is -0.340. The standard InChI is InChI=1S/C10H11BrF3N3O/c1-6(9(18)15-5-10(12,13)14)16-8-4-2-3-7(11)17-8/h2-4,6H,5H2,1H3,(H,15,18)(H,16,17)/t6-/m0/s1. The number of hydrogen-bond acceptors (Lipinski definition) is 3. The van der Waals surface area contributed by atoms with Gasteiger partial charge in [0.1, 0.15) is 23.0 Å². The minimum absolute atomic E-state index is 0.402. The maximum Gasteiger partial charge on any atom is 0.405 e. The highest BCUT2D eigenvalue weighted by molar-refractivity contribution is 9.10. The van der Waals surface area contributed by atoms with E-state index in [0.717, 1.165) is 0 Å². The lowest BCUT2D eigenvalue weighted by molar-refractivity contribution is -0.138. The minimum atomic E-state index is -4.41. The average molecular weight is 326 g/mol. The zero-order valence-corrected chi connectivity index (χ0v) is 11.0. The van der Waals surface area contributed by atoms with E-state index in [1.165, 1.54) is 6.92 Å². The molecule has 1 heterocycles. The number of anilines is 1. The van der Waals surface area contributed by atoms with Crippen LogP contribution in [0.5, 0.6) is 0 Å². The molecule has 100 valence electrons. The number of aromatic nitrogens is 1. The highest BCUT2D eigenvalue weighted by atomic mass is 79.9. The van der Waals surface area contributed by atoms with Crippen molar-refractivity contribution in [3.8, 4) is 0 Å². The molecule has 0 saturated carbocycles. The van der Waals surface area contributed by atoms with Gasteiger partial charge in [-0.15, -0.1) is 0 Å². The van der Waals surface area contributed by atoms with Crippen molar-refractivity contribution >= 4 is 27.7 Å². The summed E-state index contributed by atoms with van der Waals surface area (Å²) in [7, 11) is 0. The van der Waals surface area contributed by atoms with Crippen LogP contribution in [-0.4, -0.2) is 29.7 Å². The van der Waals surface area contributed by atoms with Crippen molar-refractivity contribution in [2.24, 2.45) is 0 Å². The molecule has 0 aliphatic rings. The Labute approximate surface area is 110 Å². The molecule has 0 aliphatic heterocycles. The monoisotopic (exact) mass is 325 g/mol. The lowest BCUT2D eigenvalue weighted by Gasteiger charge is -2.15. The third-order valence-electron chi connectivity index (χ3n) is 1.94. The van der Waals surface area contributed by atoms with Gasteiger partial charge in [0, 0.05) is 0 Å². The Morgan fingerprint density at radius 3 is 2.72 bits per heavy atom. The van der Waals surface area contributed by atoms with E-state index in [2.05, 4.69) is 26.2 Å². The fraction of sp³-hybridized carbons (Fsp3) is 0.400. The van der Waals surface area contributed by atoms with E-state index in [1.54, 1.807) is 23.5 Å². The first-order valence-electron chi connectivity index (χ1n) is 5.01. The molecule has 0 fully saturated rings. The molecule has 1 aromatic rings. The second-order valence-corrected chi connectivity index (χ2v) is 4.36. The summed E-state index contributed by atoms with van der Waals surface area (Å²) in [6, 6.07) is 4.19. The predicted molar refractivity (Wildman–Crippen MR) is 64.1 cm³/mol. The lowest BCUT2D eigenvalue weighted by Crippen LogP contribution is -2.42. The highest BCUT2D eigenvalue weighted by Gasteiger charge is 2.28. The van der Waals surface area contributed by atoms with Crippen LogP contribution in [0.4, 0.5) is 19.0 Å². The fourth-order valence-electron chi connectivity index (χ4n) is 1.12. The van der Waals surface area contributed by atoms with Crippen LogP contribution in [0.25, 0.3) is 0 Å². The quantitative estimate of drug-likeness (QED) is 0.835. The number of carbonyl (C=O) groups excluding carboxylic acids is 1. The number of halogens is 4. The van der Waals surface area contributed by atoms with Crippen LogP contribution in [0.3, 0.4) is 0 Å². The molecule has 0 radical (unpaired) electrons. The van der Waals surface area contributed by atoms with E-state index in [9.17, 15) is 18.0 Å². The SMILES string of the molecule is C[C@H](Nc1cccc(Br)n1)C(=O)NCC(F)(F)F. The molecule has 1 aromatic heterocycles. The van der Waals surface area contributed by atoms with Crippen LogP contribution in [-0.2, 0) is 4.79 Å². The summed E-state index contributed by atoms with van der Waals surface area (Å²) in [5.41, 5.74) is 0. The number of hydrogen-bond donors (Lipinski definition) is 2. The summed E-state index contributed by atoms with van der Waals surface area (Å²) in [4.78, 5) is 15.4. The Morgan fingerprint density at radius 1 is 1.50 bits per heavy atom. The number of alkyl halides is 3. The van der Waals surface area contributed by atoms with Gasteiger partial charge in [0.2, 0.25) is 5.91 Å². The fourth-order valence-corrected chi connectivity index (χ4v) is 1.46. The third-order valence-corrected chi connectivity index (χ3v) is 2.38. The molecular formula is C10H11BrF3N3O. The zero-order valence-electron chi connectivity index (χ0n) is 9.38. The summed E-state index contributed by atoms with van der Waals surface area (Å²) < 4.78 is 36.3. The van der Waals surface area contributed by atoms with Crippen LogP contribution >= 0.6 is 15.9 Å². The van der Waals surface area contributed by atoms with Gasteiger partial charge in [-0.1, -0.05) is 6.07 Å². The molecule has 2 N–H and O–H groups in total. The van der Waals surface area contributed by atoms with Gasteiger partial charge in [-0.2, -0.15) is 13.2 Å². The molecule has 0 aromatic carbocycles. The van der Waals surface area contributed by atoms with Crippen LogP contribution in [0, 0.1) is 0 Å². The first-order chi connectivity index (χ1) is 8.28. The van der Waals surface area contributed by atoms with Crippen molar-refractivity contribution in [2.45, 2.75) is 19.1 Å². The van der Waals surface area contributed by atoms with Gasteiger partial charge in [-0.3, -0.25) is 4.79 Å². The number of pyridine rings is 1. The molecule has 1 rings (SSSR count). The van der Waals surface area contributed by atoms with Crippen molar-refractivity contribution in [3.63, 3.8) is 0 Å². The summed E-state index contributed by atoms with van der Waals surface area (Å²) >= 11 is 3.15. The molecule has 1 atom stereocenters. The molecule has 0 saturated heterocycles. The van der Waals surface area contributed by atoms with Gasteiger partial charge >= 0.3 is 6.18 Å². The number of rotatable bonds is 4. The maximum absolute atomic E-state index is 11.9. The zero-order chi connectivity index (χ0) is 13.8. The van der Waals surface area contributed by atoms with Crippen molar-refractivity contribution < 1.29 is 18.0 Å². The summed E-state index contributed by atoms with van der Waals surface area (Å²) in [5, 5.41) is 4.49. The van der Waals surface area contributed by atoms with E-state index in [1.807, 2.05) is 0 Å². The van der Waals surface area contributed by atoms with E-state index in [4.69, 9.17) is 0 Å². The maximum atomic E-state index is 11.9. The van der Waals surface area contributed by atoms with E-state index >= 15 is 0 Å². The van der Waals surface area contributed by atoms with Gasteiger partial charge in [0.05, 0.1) is 0 Å². The van der Waals surface area contributed by atoms with Gasteiger partial charge in [-0.25, -0.2) is 4.98 Å². The van der Waals surface area contributed by atoms with Gasteiger partial charge < -0.3 is 10.6 Å².